The maximum atomic E-state index is 10.9. The van der Waals surface area contributed by atoms with E-state index in [0.29, 0.717) is 13.0 Å². The van der Waals surface area contributed by atoms with Crippen molar-refractivity contribution in [2.24, 2.45) is 0 Å². The molecule has 0 aromatic heterocycles. The average Bonchev–Trinajstić information content (AvgIpc) is 2.55. The number of methoxy groups -OCH3 is 1. The Morgan fingerprint density at radius 2 is 1.76 bits per heavy atom. The van der Waals surface area contributed by atoms with Crippen LogP contribution in [0.15, 0.2) is 66.7 Å². The molecule has 0 aliphatic heterocycles. The van der Waals surface area contributed by atoms with E-state index in [1.165, 1.54) is 13.2 Å². The number of ether oxygens (including phenoxy) is 2. The lowest BCUT2D eigenvalue weighted by molar-refractivity contribution is -0.134. The van der Waals surface area contributed by atoms with E-state index in [-0.39, 0.29) is 5.97 Å². The minimum atomic E-state index is -0.348. The van der Waals surface area contributed by atoms with Crippen molar-refractivity contribution in [1.82, 2.24) is 0 Å². The Bertz CT molecular complexity index is 603. The molecule has 0 saturated heterocycles. The van der Waals surface area contributed by atoms with Crippen molar-refractivity contribution >= 4 is 5.97 Å². The Kier molecular flexibility index (Phi) is 5.59. The van der Waals surface area contributed by atoms with Crippen LogP contribution >= 0.6 is 0 Å². The van der Waals surface area contributed by atoms with Crippen LogP contribution in [0.1, 0.15) is 6.42 Å². The monoisotopic (exact) mass is 282 g/mol. The lowest BCUT2D eigenvalue weighted by atomic mass is 10.1. The van der Waals surface area contributed by atoms with Crippen LogP contribution in [0.4, 0.5) is 0 Å². The average molecular weight is 282 g/mol. The van der Waals surface area contributed by atoms with Gasteiger partial charge in [-0.25, -0.2) is 4.79 Å². The van der Waals surface area contributed by atoms with Crippen molar-refractivity contribution < 1.29 is 14.3 Å². The summed E-state index contributed by atoms with van der Waals surface area (Å²) in [6.07, 6.45) is 3.81. The Morgan fingerprint density at radius 3 is 2.52 bits per heavy atom. The zero-order valence-corrected chi connectivity index (χ0v) is 12.0. The van der Waals surface area contributed by atoms with E-state index in [1.807, 2.05) is 42.5 Å². The Labute approximate surface area is 124 Å². The topological polar surface area (TPSA) is 35.5 Å². The number of benzene rings is 2. The van der Waals surface area contributed by atoms with Crippen molar-refractivity contribution in [3.63, 3.8) is 0 Å². The van der Waals surface area contributed by atoms with E-state index in [2.05, 4.69) is 16.9 Å². The molecule has 2 rings (SSSR count). The zero-order chi connectivity index (χ0) is 14.9. The second-order valence-electron chi connectivity index (χ2n) is 4.42. The van der Waals surface area contributed by atoms with E-state index in [0.717, 1.165) is 16.9 Å². The molecule has 3 heteroatoms. The summed E-state index contributed by atoms with van der Waals surface area (Å²) in [6.45, 7) is 0.511. The molecule has 108 valence electrons. The fourth-order valence-corrected chi connectivity index (χ4v) is 1.93. The SMILES string of the molecule is COC(=O)C=CCCOc1ccccc1-c1ccccc1. The summed E-state index contributed by atoms with van der Waals surface area (Å²) in [4.78, 5) is 10.9. The molecule has 0 N–H and O–H groups in total. The van der Waals surface area contributed by atoms with Gasteiger partial charge in [0.25, 0.3) is 0 Å². The van der Waals surface area contributed by atoms with Gasteiger partial charge in [0.2, 0.25) is 0 Å². The smallest absolute Gasteiger partial charge is 0.330 e. The van der Waals surface area contributed by atoms with Crippen molar-refractivity contribution in [3.05, 3.63) is 66.7 Å². The fraction of sp³-hybridized carbons (Fsp3) is 0.167. The number of carbonyl (C=O) groups excluding carboxylic acids is 1. The van der Waals surface area contributed by atoms with E-state index in [4.69, 9.17) is 4.74 Å². The number of hydrogen-bond donors (Lipinski definition) is 0. The molecule has 0 aliphatic carbocycles. The minimum Gasteiger partial charge on any atom is -0.493 e. The van der Waals surface area contributed by atoms with Crippen LogP contribution in [0, 0.1) is 0 Å². The normalized spacial score (nSPS) is 10.5. The molecule has 0 saturated carbocycles. The number of carbonyl (C=O) groups is 1. The van der Waals surface area contributed by atoms with E-state index >= 15 is 0 Å². The van der Waals surface area contributed by atoms with Crippen LogP contribution in [-0.2, 0) is 9.53 Å². The lowest BCUT2D eigenvalue weighted by Crippen LogP contribution is -1.98. The zero-order valence-electron chi connectivity index (χ0n) is 12.0. The van der Waals surface area contributed by atoms with Gasteiger partial charge >= 0.3 is 5.97 Å². The summed E-state index contributed by atoms with van der Waals surface area (Å²) in [7, 11) is 1.36. The number of rotatable bonds is 6. The first-order valence-corrected chi connectivity index (χ1v) is 6.83. The highest BCUT2D eigenvalue weighted by molar-refractivity contribution is 5.81. The third-order valence-electron chi connectivity index (χ3n) is 2.97. The molecule has 0 unspecified atom stereocenters. The van der Waals surface area contributed by atoms with Gasteiger partial charge in [-0.05, 0) is 18.1 Å². The number of para-hydroxylation sites is 1. The molecule has 0 amide bonds. The van der Waals surface area contributed by atoms with Gasteiger partial charge < -0.3 is 9.47 Å². The van der Waals surface area contributed by atoms with Crippen molar-refractivity contribution in [2.75, 3.05) is 13.7 Å². The summed E-state index contributed by atoms with van der Waals surface area (Å²) in [6, 6.07) is 18.0. The van der Waals surface area contributed by atoms with Gasteiger partial charge in [0.05, 0.1) is 13.7 Å². The third kappa shape index (κ3) is 4.49. The molecule has 0 heterocycles. The quantitative estimate of drug-likeness (QED) is 0.458. The van der Waals surface area contributed by atoms with Crippen LogP contribution in [0.5, 0.6) is 5.75 Å². The van der Waals surface area contributed by atoms with Gasteiger partial charge in [-0.3, -0.25) is 0 Å². The highest BCUT2D eigenvalue weighted by Gasteiger charge is 2.04. The summed E-state index contributed by atoms with van der Waals surface area (Å²) in [5.41, 5.74) is 2.19. The Morgan fingerprint density at radius 1 is 1.05 bits per heavy atom. The van der Waals surface area contributed by atoms with Gasteiger partial charge in [-0.15, -0.1) is 0 Å². The van der Waals surface area contributed by atoms with Crippen LogP contribution in [0.3, 0.4) is 0 Å². The minimum absolute atomic E-state index is 0.348. The lowest BCUT2D eigenvalue weighted by Gasteiger charge is -2.10. The maximum Gasteiger partial charge on any atom is 0.330 e. The predicted octanol–water partition coefficient (Wildman–Crippen LogP) is 3.85. The molecule has 0 atom stereocenters. The fourth-order valence-electron chi connectivity index (χ4n) is 1.93. The molecule has 0 fully saturated rings. The van der Waals surface area contributed by atoms with Crippen LogP contribution < -0.4 is 4.74 Å². The highest BCUT2D eigenvalue weighted by Crippen LogP contribution is 2.29. The van der Waals surface area contributed by atoms with Crippen molar-refractivity contribution in [2.45, 2.75) is 6.42 Å². The van der Waals surface area contributed by atoms with Gasteiger partial charge in [0.1, 0.15) is 5.75 Å². The first-order valence-electron chi connectivity index (χ1n) is 6.83. The third-order valence-corrected chi connectivity index (χ3v) is 2.97. The number of hydrogen-bond acceptors (Lipinski definition) is 3. The molecule has 2 aromatic carbocycles. The molecule has 2 aromatic rings. The Hall–Kier alpha value is -2.55. The maximum absolute atomic E-state index is 10.9. The van der Waals surface area contributed by atoms with Gasteiger partial charge in [-0.1, -0.05) is 54.6 Å². The Balaban J connectivity index is 1.98. The molecule has 0 radical (unpaired) electrons. The van der Waals surface area contributed by atoms with Crippen molar-refractivity contribution in [1.29, 1.82) is 0 Å². The molecular weight excluding hydrogens is 264 g/mol. The van der Waals surface area contributed by atoms with Gasteiger partial charge in [-0.2, -0.15) is 0 Å². The largest absolute Gasteiger partial charge is 0.493 e. The molecule has 21 heavy (non-hydrogen) atoms. The molecular formula is C18H18O3. The second-order valence-corrected chi connectivity index (χ2v) is 4.42. The summed E-state index contributed by atoms with van der Waals surface area (Å²) in [5, 5.41) is 0. The summed E-state index contributed by atoms with van der Waals surface area (Å²) >= 11 is 0. The van der Waals surface area contributed by atoms with E-state index in [9.17, 15) is 4.79 Å². The highest BCUT2D eigenvalue weighted by atomic mass is 16.5. The van der Waals surface area contributed by atoms with Crippen LogP contribution in [-0.4, -0.2) is 19.7 Å². The summed E-state index contributed by atoms with van der Waals surface area (Å²) < 4.78 is 10.3. The second kappa shape index (κ2) is 7.90. The van der Waals surface area contributed by atoms with Crippen LogP contribution in [0.25, 0.3) is 11.1 Å². The standard InChI is InChI=1S/C18H18O3/c1-20-18(19)13-7-8-14-21-17-12-6-5-11-16(17)15-9-3-2-4-10-15/h2-7,9-13H,8,14H2,1H3. The first kappa shape index (κ1) is 14.9. The van der Waals surface area contributed by atoms with E-state index < -0.39 is 0 Å². The number of esters is 1. The molecule has 0 aliphatic rings. The van der Waals surface area contributed by atoms with Crippen molar-refractivity contribution in [3.8, 4) is 16.9 Å². The van der Waals surface area contributed by atoms with Crippen LogP contribution in [0.2, 0.25) is 0 Å². The molecule has 0 spiro atoms. The van der Waals surface area contributed by atoms with Gasteiger partial charge in [0.15, 0.2) is 0 Å². The summed E-state index contributed by atoms with van der Waals surface area (Å²) in [5.74, 6) is 0.495. The molecule has 0 bridgehead atoms. The first-order chi connectivity index (χ1) is 10.3. The predicted molar refractivity (Wildman–Crippen MR) is 83.1 cm³/mol. The van der Waals surface area contributed by atoms with Gasteiger partial charge in [0, 0.05) is 11.6 Å². The molecule has 3 nitrogen and oxygen atoms in total. The van der Waals surface area contributed by atoms with E-state index in [1.54, 1.807) is 6.08 Å².